The Kier molecular flexibility index (Phi) is 2.16. The summed E-state index contributed by atoms with van der Waals surface area (Å²) in [5, 5.41) is 8.38. The molecule has 1 aliphatic rings. The molecule has 12 heavy (non-hydrogen) atoms. The maximum atomic E-state index is 11.8. The van der Waals surface area contributed by atoms with Crippen molar-refractivity contribution in [2.45, 2.75) is 38.1 Å². The summed E-state index contributed by atoms with van der Waals surface area (Å²) >= 11 is 0. The molecule has 0 aromatic rings. The first-order valence-corrected chi connectivity index (χ1v) is 5.36. The highest BCUT2D eigenvalue weighted by Gasteiger charge is 2.57. The summed E-state index contributed by atoms with van der Waals surface area (Å²) in [5.41, 5.74) is -0.574. The van der Waals surface area contributed by atoms with Crippen molar-refractivity contribution < 1.29 is 18.7 Å². The second-order valence-electron chi connectivity index (χ2n) is 3.92. The van der Waals surface area contributed by atoms with E-state index in [0.717, 1.165) is 0 Å². The Bertz CT molecular complexity index is 234. The summed E-state index contributed by atoms with van der Waals surface area (Å²) in [5.74, 6) is 0. The Balaban J connectivity index is 3.00. The van der Waals surface area contributed by atoms with E-state index in [9.17, 15) is 9.67 Å². The number of hydrogen-bond donors (Lipinski definition) is 1. The smallest absolute Gasteiger partial charge is 0.361 e. The van der Waals surface area contributed by atoms with Crippen LogP contribution >= 0.6 is 7.60 Å². The van der Waals surface area contributed by atoms with Gasteiger partial charge < -0.3 is 14.2 Å². The molecular weight excluding hydrogens is 179 g/mol. The van der Waals surface area contributed by atoms with Crippen LogP contribution in [0, 0.1) is 0 Å². The maximum absolute atomic E-state index is 11.8. The van der Waals surface area contributed by atoms with Gasteiger partial charge in [-0.05, 0) is 20.8 Å². The predicted octanol–water partition coefficient (Wildman–Crippen LogP) is 1.73. The SMILES string of the molecule is CO[P@@]1(=O)OC(C)(C)C[C@@]1(C)O. The molecule has 1 rings (SSSR count). The van der Waals surface area contributed by atoms with Gasteiger partial charge in [-0.2, -0.15) is 0 Å². The van der Waals surface area contributed by atoms with E-state index in [0.29, 0.717) is 6.42 Å². The fraction of sp³-hybridized carbons (Fsp3) is 1.00. The molecule has 0 aromatic carbocycles. The summed E-state index contributed by atoms with van der Waals surface area (Å²) in [6, 6.07) is 0. The summed E-state index contributed by atoms with van der Waals surface area (Å²) < 4.78 is 21.7. The van der Waals surface area contributed by atoms with E-state index in [1.807, 2.05) is 0 Å². The van der Waals surface area contributed by atoms with E-state index in [-0.39, 0.29) is 0 Å². The molecular formula is C7H15O4P. The Labute approximate surface area is 72.4 Å². The normalized spacial score (nSPS) is 46.4. The molecule has 0 saturated carbocycles. The van der Waals surface area contributed by atoms with Gasteiger partial charge in [0.1, 0.15) is 0 Å². The number of hydrogen-bond acceptors (Lipinski definition) is 4. The fourth-order valence-corrected chi connectivity index (χ4v) is 3.55. The van der Waals surface area contributed by atoms with Crippen LogP contribution < -0.4 is 0 Å². The minimum Gasteiger partial charge on any atom is -0.377 e. The largest absolute Gasteiger partial charge is 0.377 e. The Morgan fingerprint density at radius 2 is 2.00 bits per heavy atom. The molecule has 1 aliphatic heterocycles. The Morgan fingerprint density at radius 1 is 1.50 bits per heavy atom. The lowest BCUT2D eigenvalue weighted by Gasteiger charge is -2.20. The molecule has 0 amide bonds. The zero-order chi connectivity index (χ0) is 9.62. The van der Waals surface area contributed by atoms with Crippen LogP contribution in [0.25, 0.3) is 0 Å². The first-order valence-electron chi connectivity index (χ1n) is 3.81. The second kappa shape index (κ2) is 2.55. The van der Waals surface area contributed by atoms with Crippen LogP contribution in [0.5, 0.6) is 0 Å². The summed E-state index contributed by atoms with van der Waals surface area (Å²) in [7, 11) is -2.03. The van der Waals surface area contributed by atoms with E-state index in [1.54, 1.807) is 13.8 Å². The van der Waals surface area contributed by atoms with E-state index in [1.165, 1.54) is 14.0 Å². The lowest BCUT2D eigenvalue weighted by Crippen LogP contribution is -2.24. The van der Waals surface area contributed by atoms with Crippen molar-refractivity contribution in [1.29, 1.82) is 0 Å². The van der Waals surface area contributed by atoms with Crippen LogP contribution in [0.15, 0.2) is 0 Å². The van der Waals surface area contributed by atoms with Crippen LogP contribution in [0.3, 0.4) is 0 Å². The van der Waals surface area contributed by atoms with Gasteiger partial charge in [-0.1, -0.05) is 0 Å². The minimum atomic E-state index is -3.32. The van der Waals surface area contributed by atoms with Crippen molar-refractivity contribution in [3.63, 3.8) is 0 Å². The maximum Gasteiger partial charge on any atom is 0.361 e. The Morgan fingerprint density at radius 3 is 2.17 bits per heavy atom. The number of aliphatic hydroxyl groups is 1. The van der Waals surface area contributed by atoms with Gasteiger partial charge in [0.15, 0.2) is 5.34 Å². The topological polar surface area (TPSA) is 55.8 Å². The highest BCUT2D eigenvalue weighted by atomic mass is 31.2. The van der Waals surface area contributed by atoms with E-state index in [4.69, 9.17) is 9.05 Å². The molecule has 0 spiro atoms. The molecule has 1 saturated heterocycles. The fourth-order valence-electron chi connectivity index (χ4n) is 1.59. The summed E-state index contributed by atoms with van der Waals surface area (Å²) in [6.07, 6.45) is 0.325. The average molecular weight is 194 g/mol. The van der Waals surface area contributed by atoms with E-state index < -0.39 is 18.5 Å². The molecule has 1 N–H and O–H groups in total. The lowest BCUT2D eigenvalue weighted by atomic mass is 10.0. The quantitative estimate of drug-likeness (QED) is 0.646. The van der Waals surface area contributed by atoms with Gasteiger partial charge in [0.05, 0.1) is 5.60 Å². The first kappa shape index (κ1) is 10.2. The minimum absolute atomic E-state index is 0.325. The van der Waals surface area contributed by atoms with Crippen molar-refractivity contribution in [2.75, 3.05) is 7.11 Å². The van der Waals surface area contributed by atoms with Crippen molar-refractivity contribution >= 4 is 7.60 Å². The molecule has 1 fully saturated rings. The first-order chi connectivity index (χ1) is 5.22. The molecule has 2 atom stereocenters. The van der Waals surface area contributed by atoms with Gasteiger partial charge >= 0.3 is 7.60 Å². The molecule has 4 nitrogen and oxygen atoms in total. The summed E-state index contributed by atoms with van der Waals surface area (Å²) in [6.45, 7) is 5.03. The zero-order valence-corrected chi connectivity index (χ0v) is 8.72. The lowest BCUT2D eigenvalue weighted by molar-refractivity contribution is 0.0928. The highest BCUT2D eigenvalue weighted by molar-refractivity contribution is 7.55. The standard InChI is InChI=1S/C7H15O4P/c1-6(2)5-7(3,8)12(9,10-4)11-6/h8H,5H2,1-4H3/t7-,12+/m0/s1. The monoisotopic (exact) mass is 194 g/mol. The van der Waals surface area contributed by atoms with Crippen molar-refractivity contribution in [3.8, 4) is 0 Å². The molecule has 5 heteroatoms. The van der Waals surface area contributed by atoms with Crippen molar-refractivity contribution in [1.82, 2.24) is 0 Å². The highest BCUT2D eigenvalue weighted by Crippen LogP contribution is 2.68. The van der Waals surface area contributed by atoms with Gasteiger partial charge in [-0.3, -0.25) is 4.57 Å². The number of rotatable bonds is 1. The second-order valence-corrected chi connectivity index (χ2v) is 6.43. The zero-order valence-electron chi connectivity index (χ0n) is 7.83. The molecule has 0 bridgehead atoms. The van der Waals surface area contributed by atoms with Gasteiger partial charge in [0.2, 0.25) is 0 Å². The van der Waals surface area contributed by atoms with Crippen LogP contribution in [0.1, 0.15) is 27.2 Å². The molecule has 1 heterocycles. The predicted molar refractivity (Wildman–Crippen MR) is 45.0 cm³/mol. The van der Waals surface area contributed by atoms with E-state index in [2.05, 4.69) is 0 Å². The van der Waals surface area contributed by atoms with Crippen LogP contribution in [-0.2, 0) is 13.6 Å². The molecule has 0 aliphatic carbocycles. The van der Waals surface area contributed by atoms with Gasteiger partial charge in [0.25, 0.3) is 0 Å². The van der Waals surface area contributed by atoms with Gasteiger partial charge in [-0.15, -0.1) is 0 Å². The van der Waals surface area contributed by atoms with Gasteiger partial charge in [0, 0.05) is 13.5 Å². The van der Waals surface area contributed by atoms with Crippen LogP contribution in [0.2, 0.25) is 0 Å². The van der Waals surface area contributed by atoms with Gasteiger partial charge in [-0.25, -0.2) is 0 Å². The Hall–Kier alpha value is 0.110. The van der Waals surface area contributed by atoms with Crippen molar-refractivity contribution in [3.05, 3.63) is 0 Å². The van der Waals surface area contributed by atoms with Crippen molar-refractivity contribution in [2.24, 2.45) is 0 Å². The van der Waals surface area contributed by atoms with Crippen LogP contribution in [-0.4, -0.2) is 23.2 Å². The summed E-state index contributed by atoms with van der Waals surface area (Å²) in [4.78, 5) is 0. The third-order valence-corrected chi connectivity index (χ3v) is 4.51. The van der Waals surface area contributed by atoms with E-state index >= 15 is 0 Å². The molecule has 72 valence electrons. The third-order valence-electron chi connectivity index (χ3n) is 1.96. The average Bonchev–Trinajstić information content (AvgIpc) is 1.98. The van der Waals surface area contributed by atoms with Crippen LogP contribution in [0.4, 0.5) is 0 Å². The molecule has 0 unspecified atom stereocenters. The third kappa shape index (κ3) is 1.44. The molecule has 0 aromatic heterocycles. The molecule has 0 radical (unpaired) electrons.